The first-order valence-electron chi connectivity index (χ1n) is 15.9. The third-order valence-electron chi connectivity index (χ3n) is 8.67. The monoisotopic (exact) mass is 657 g/mol. The highest BCUT2D eigenvalue weighted by atomic mass is 16.5. The fraction of sp³-hybridized carbons (Fsp3) is 0.400. The van der Waals surface area contributed by atoms with Gasteiger partial charge in [0.15, 0.2) is 5.78 Å². The predicted octanol–water partition coefficient (Wildman–Crippen LogP) is 2.29. The molecule has 5 rings (SSSR count). The number of aliphatic imine (C=N–C) groups is 1. The van der Waals surface area contributed by atoms with Gasteiger partial charge in [-0.3, -0.25) is 33.8 Å². The van der Waals surface area contributed by atoms with Gasteiger partial charge in [0.25, 0.3) is 17.0 Å². The topological polar surface area (TPSA) is 167 Å². The fourth-order valence-electron chi connectivity index (χ4n) is 6.13. The number of carbonyl (C=O) groups is 4. The molecule has 3 heterocycles. The number of amides is 2. The number of carbonyl (C=O) groups excluding carboxylic acids is 4. The molecule has 1 fully saturated rings. The molecule has 0 saturated heterocycles. The van der Waals surface area contributed by atoms with E-state index in [1.165, 1.54) is 22.9 Å². The molecule has 0 spiro atoms. The predicted molar refractivity (Wildman–Crippen MR) is 178 cm³/mol. The summed E-state index contributed by atoms with van der Waals surface area (Å²) in [6.45, 7) is 1.00. The molecule has 0 bridgehead atoms. The maximum absolute atomic E-state index is 12.7. The summed E-state index contributed by atoms with van der Waals surface area (Å²) in [5.41, 5.74) is 3.72. The van der Waals surface area contributed by atoms with Gasteiger partial charge < -0.3 is 29.2 Å². The van der Waals surface area contributed by atoms with Gasteiger partial charge in [-0.15, -0.1) is 0 Å². The number of hydrogen-bond donors (Lipinski definition) is 2. The van der Waals surface area contributed by atoms with Gasteiger partial charge in [0.1, 0.15) is 17.3 Å². The number of ether oxygens (including phenoxy) is 2. The molecule has 252 valence electrons. The molecule has 1 aliphatic heterocycles. The van der Waals surface area contributed by atoms with Crippen LogP contribution in [-0.4, -0.2) is 66.0 Å². The molecule has 1 unspecified atom stereocenters. The van der Waals surface area contributed by atoms with Gasteiger partial charge in [-0.2, -0.15) is 0 Å². The number of methoxy groups -OCH3 is 2. The van der Waals surface area contributed by atoms with E-state index in [0.717, 1.165) is 22.3 Å². The van der Waals surface area contributed by atoms with Crippen molar-refractivity contribution in [3.8, 4) is 22.6 Å². The van der Waals surface area contributed by atoms with E-state index in [0.29, 0.717) is 56.0 Å². The molecule has 2 N–H and O–H groups in total. The van der Waals surface area contributed by atoms with Crippen molar-refractivity contribution in [3.05, 3.63) is 79.6 Å². The van der Waals surface area contributed by atoms with Crippen LogP contribution >= 0.6 is 0 Å². The second kappa shape index (κ2) is 15.1. The molecule has 3 aromatic rings. The number of ketones is 2. The van der Waals surface area contributed by atoms with Gasteiger partial charge in [-0.1, -0.05) is 0 Å². The van der Waals surface area contributed by atoms with E-state index in [4.69, 9.17) is 9.47 Å². The highest BCUT2D eigenvalue weighted by molar-refractivity contribution is 6.03. The van der Waals surface area contributed by atoms with Crippen LogP contribution in [0.5, 0.6) is 11.5 Å². The maximum atomic E-state index is 12.7. The number of Topliss-reactive ketones (excluding diaryl/α,β-unsaturated/α-hetero) is 2. The van der Waals surface area contributed by atoms with Crippen LogP contribution < -0.4 is 31.2 Å². The number of nitrogens with one attached hydrogen (secondary N) is 2. The second-order valence-electron chi connectivity index (χ2n) is 11.9. The number of nitrogens with zero attached hydrogens (tertiary/aromatic N) is 3. The van der Waals surface area contributed by atoms with Crippen LogP contribution in [0.15, 0.2) is 51.2 Å². The zero-order valence-electron chi connectivity index (χ0n) is 27.3. The summed E-state index contributed by atoms with van der Waals surface area (Å²) < 4.78 is 14.2. The minimum atomic E-state index is -0.748. The van der Waals surface area contributed by atoms with Crippen molar-refractivity contribution in [2.24, 2.45) is 12.0 Å². The van der Waals surface area contributed by atoms with E-state index in [1.54, 1.807) is 38.2 Å². The first kappa shape index (κ1) is 34.0. The smallest absolute Gasteiger partial charge is 0.256 e. The summed E-state index contributed by atoms with van der Waals surface area (Å²) in [7, 11) is 4.88. The van der Waals surface area contributed by atoms with Gasteiger partial charge >= 0.3 is 0 Å². The van der Waals surface area contributed by atoms with Crippen molar-refractivity contribution in [3.63, 3.8) is 0 Å². The van der Waals surface area contributed by atoms with Crippen molar-refractivity contribution in [1.29, 1.82) is 0 Å². The number of rotatable bonds is 13. The van der Waals surface area contributed by atoms with Crippen LogP contribution in [0.4, 0.5) is 0 Å². The van der Waals surface area contributed by atoms with Crippen molar-refractivity contribution in [2.75, 3.05) is 27.3 Å². The first-order chi connectivity index (χ1) is 23.1. The minimum absolute atomic E-state index is 0.0694. The van der Waals surface area contributed by atoms with Gasteiger partial charge in [-0.05, 0) is 49.4 Å². The van der Waals surface area contributed by atoms with Gasteiger partial charge in [0.05, 0.1) is 38.8 Å². The number of hydrogen-bond acceptors (Lipinski definition) is 9. The lowest BCUT2D eigenvalue weighted by atomic mass is 9.92. The molecular formula is C35H39N5O8. The number of aryl methyl sites for hydroxylation is 1. The van der Waals surface area contributed by atoms with E-state index >= 15 is 0 Å². The highest BCUT2D eigenvalue weighted by Gasteiger charge is 2.29. The van der Waals surface area contributed by atoms with Crippen molar-refractivity contribution in [1.82, 2.24) is 19.8 Å². The molecule has 0 radical (unpaired) electrons. The summed E-state index contributed by atoms with van der Waals surface area (Å²) in [5, 5.41) is 5.64. The Morgan fingerprint density at radius 1 is 0.979 bits per heavy atom. The number of benzene rings is 1. The number of fused-ring (bicyclic) bond motifs is 1. The Kier molecular flexibility index (Phi) is 10.7. The summed E-state index contributed by atoms with van der Waals surface area (Å²) in [6.07, 6.45) is 6.98. The second-order valence-corrected chi connectivity index (χ2v) is 11.9. The van der Waals surface area contributed by atoms with Gasteiger partial charge in [0.2, 0.25) is 5.91 Å². The Labute approximate surface area is 277 Å². The Morgan fingerprint density at radius 3 is 2.42 bits per heavy atom. The van der Waals surface area contributed by atoms with Crippen LogP contribution in [-0.2, 0) is 34.4 Å². The van der Waals surface area contributed by atoms with Gasteiger partial charge in [0, 0.05) is 79.9 Å². The van der Waals surface area contributed by atoms with E-state index in [1.807, 2.05) is 12.1 Å². The average molecular weight is 658 g/mol. The minimum Gasteiger partial charge on any atom is -0.496 e. The van der Waals surface area contributed by atoms with Crippen LogP contribution in [0.1, 0.15) is 71.6 Å². The lowest BCUT2D eigenvalue weighted by molar-refractivity contribution is -0.132. The van der Waals surface area contributed by atoms with Crippen LogP contribution in [0.2, 0.25) is 0 Å². The molecule has 13 nitrogen and oxygen atoms in total. The zero-order valence-corrected chi connectivity index (χ0v) is 27.3. The Bertz CT molecular complexity index is 1880. The summed E-state index contributed by atoms with van der Waals surface area (Å²) in [6, 6.07) is 5.71. The fourth-order valence-corrected chi connectivity index (χ4v) is 6.13. The lowest BCUT2D eigenvalue weighted by Crippen LogP contribution is -2.35. The van der Waals surface area contributed by atoms with Crippen LogP contribution in [0.25, 0.3) is 11.1 Å². The number of pyridine rings is 2. The van der Waals surface area contributed by atoms with Crippen molar-refractivity contribution < 1.29 is 28.7 Å². The molecule has 1 atom stereocenters. The zero-order chi connectivity index (χ0) is 34.4. The lowest BCUT2D eigenvalue weighted by Gasteiger charge is -2.22. The van der Waals surface area contributed by atoms with E-state index in [9.17, 15) is 28.8 Å². The Balaban J connectivity index is 1.10. The molecular weight excluding hydrogens is 618 g/mol. The SMILES string of the molecule is COc1cc(-c2cn(C)c(=O)c3c2C=NC3)cc(OC)c1CCCC(=O)NCCCNC(=O)c1ccc(=O)n(C2CCC(=O)CC2=O)c1. The Morgan fingerprint density at radius 2 is 1.71 bits per heavy atom. The van der Waals surface area contributed by atoms with E-state index < -0.39 is 17.5 Å². The van der Waals surface area contributed by atoms with Crippen LogP contribution in [0, 0.1) is 0 Å². The quantitative estimate of drug-likeness (QED) is 0.209. The van der Waals surface area contributed by atoms with Gasteiger partial charge in [-0.25, -0.2) is 0 Å². The molecule has 13 heteroatoms. The van der Waals surface area contributed by atoms with Crippen molar-refractivity contribution >= 4 is 29.6 Å². The summed E-state index contributed by atoms with van der Waals surface area (Å²) >= 11 is 0. The van der Waals surface area contributed by atoms with E-state index in [-0.39, 0.29) is 54.3 Å². The summed E-state index contributed by atoms with van der Waals surface area (Å²) in [4.78, 5) is 78.3. The first-order valence-corrected chi connectivity index (χ1v) is 15.9. The highest BCUT2D eigenvalue weighted by Crippen LogP contribution is 2.37. The van der Waals surface area contributed by atoms with Crippen LogP contribution in [0.3, 0.4) is 0 Å². The third-order valence-corrected chi connectivity index (χ3v) is 8.67. The normalized spacial score (nSPS) is 15.3. The molecule has 2 aromatic heterocycles. The molecule has 1 saturated carbocycles. The average Bonchev–Trinajstić information content (AvgIpc) is 3.57. The molecule has 1 aliphatic carbocycles. The summed E-state index contributed by atoms with van der Waals surface area (Å²) in [5.74, 6) is 0.239. The third kappa shape index (κ3) is 7.45. The number of aromatic nitrogens is 2. The largest absolute Gasteiger partial charge is 0.496 e. The molecule has 48 heavy (non-hydrogen) atoms. The van der Waals surface area contributed by atoms with Crippen molar-refractivity contribution in [2.45, 2.75) is 57.5 Å². The molecule has 2 amide bonds. The standard InChI is InChI=1S/C35H39N5O8/c1-39-20-27(25-17-36-18-26(25)35(39)46)22-14-30(47-2)24(31(15-22)48-3)6-4-7-32(43)37-12-5-13-38-34(45)21-8-11-33(44)40(19-21)28-10-9-23(41)16-29(28)42/h8,11,14-15,17,19-20,28H,4-7,9-10,12-13,16,18H2,1-3H3,(H,37,43)(H,38,45). The molecule has 2 aliphatic rings. The maximum Gasteiger partial charge on any atom is 0.256 e. The van der Waals surface area contributed by atoms with E-state index in [2.05, 4.69) is 15.6 Å². The Hall–Kier alpha value is -5.33. The molecule has 1 aromatic carbocycles.